The van der Waals surface area contributed by atoms with Gasteiger partial charge in [0.25, 0.3) is 0 Å². The van der Waals surface area contributed by atoms with Gasteiger partial charge in [-0.15, -0.1) is 11.3 Å². The number of fused-ring (bicyclic) bond motifs is 1. The third kappa shape index (κ3) is 3.72. The van der Waals surface area contributed by atoms with Crippen molar-refractivity contribution in [3.63, 3.8) is 0 Å². The van der Waals surface area contributed by atoms with Gasteiger partial charge < -0.3 is 4.74 Å². The number of anilines is 1. The minimum absolute atomic E-state index is 0.0909. The molecule has 1 amide bonds. The summed E-state index contributed by atoms with van der Waals surface area (Å²) in [7, 11) is 0. The van der Waals surface area contributed by atoms with Crippen molar-refractivity contribution in [2.24, 2.45) is 5.92 Å². The summed E-state index contributed by atoms with van der Waals surface area (Å²) in [6, 6.07) is 0. The number of carbonyl (C=O) groups excluding carboxylic acids is 2. The Morgan fingerprint density at radius 1 is 1.48 bits per heavy atom. The van der Waals surface area contributed by atoms with Crippen LogP contribution in [0.1, 0.15) is 23.9 Å². The molecule has 0 aromatic carbocycles. The lowest BCUT2D eigenvalue weighted by Gasteiger charge is -2.18. The first-order valence-corrected chi connectivity index (χ1v) is 7.16. The number of amides is 1. The molecule has 1 aromatic heterocycles. The summed E-state index contributed by atoms with van der Waals surface area (Å²) in [6.07, 6.45) is -3.53. The number of rotatable bonds is 3. The second-order valence-electron chi connectivity index (χ2n) is 4.53. The number of ether oxygens (including phenoxy) is 1. The van der Waals surface area contributed by atoms with Crippen molar-refractivity contribution in [1.29, 1.82) is 0 Å². The highest BCUT2D eigenvalue weighted by molar-refractivity contribution is 7.15. The maximum Gasteiger partial charge on any atom is 0.471 e. The average molecular weight is 322 g/mol. The molecule has 0 aliphatic heterocycles. The number of nitrogens with zero attached hydrogens (tertiary/aromatic N) is 1. The van der Waals surface area contributed by atoms with Crippen molar-refractivity contribution < 1.29 is 27.5 Å². The molecule has 1 atom stereocenters. The van der Waals surface area contributed by atoms with Gasteiger partial charge in [-0.1, -0.05) is 0 Å². The molecule has 5 nitrogen and oxygen atoms in total. The van der Waals surface area contributed by atoms with Crippen LogP contribution in [0.5, 0.6) is 0 Å². The maximum atomic E-state index is 12.2. The molecule has 2 rings (SSSR count). The van der Waals surface area contributed by atoms with E-state index >= 15 is 0 Å². The molecule has 1 unspecified atom stereocenters. The third-order valence-corrected chi connectivity index (χ3v) is 4.07. The molecule has 1 aromatic rings. The van der Waals surface area contributed by atoms with Gasteiger partial charge in [0.05, 0.1) is 18.2 Å². The van der Waals surface area contributed by atoms with Crippen LogP contribution in [0.4, 0.5) is 18.3 Å². The Morgan fingerprint density at radius 3 is 2.81 bits per heavy atom. The second kappa shape index (κ2) is 6.00. The van der Waals surface area contributed by atoms with E-state index in [9.17, 15) is 22.8 Å². The third-order valence-electron chi connectivity index (χ3n) is 3.04. The van der Waals surface area contributed by atoms with Crippen LogP contribution in [-0.4, -0.2) is 29.6 Å². The minimum atomic E-state index is -4.94. The number of aryl methyl sites for hydroxylation is 1. The molecule has 116 valence electrons. The van der Waals surface area contributed by atoms with E-state index in [0.29, 0.717) is 25.0 Å². The predicted molar refractivity (Wildman–Crippen MR) is 68.9 cm³/mol. The normalized spacial score (nSPS) is 18.0. The van der Waals surface area contributed by atoms with Crippen LogP contribution in [-0.2, 0) is 27.2 Å². The highest BCUT2D eigenvalue weighted by atomic mass is 32.1. The van der Waals surface area contributed by atoms with Crippen LogP contribution in [0.3, 0.4) is 0 Å². The van der Waals surface area contributed by atoms with E-state index in [1.165, 1.54) is 0 Å². The first-order valence-electron chi connectivity index (χ1n) is 6.34. The highest BCUT2D eigenvalue weighted by Crippen LogP contribution is 2.33. The van der Waals surface area contributed by atoms with E-state index in [4.69, 9.17) is 4.74 Å². The summed E-state index contributed by atoms with van der Waals surface area (Å²) in [5.74, 6) is -2.66. The molecular weight excluding hydrogens is 309 g/mol. The summed E-state index contributed by atoms with van der Waals surface area (Å²) in [5, 5.41) is 1.64. The van der Waals surface area contributed by atoms with Crippen molar-refractivity contribution in [3.05, 3.63) is 10.6 Å². The van der Waals surface area contributed by atoms with Gasteiger partial charge in [0.2, 0.25) is 0 Å². The molecule has 0 saturated carbocycles. The molecule has 1 N–H and O–H groups in total. The number of nitrogens with one attached hydrogen (secondary N) is 1. The Labute approximate surface area is 122 Å². The molecule has 21 heavy (non-hydrogen) atoms. The van der Waals surface area contributed by atoms with Gasteiger partial charge in [-0.2, -0.15) is 13.2 Å². The zero-order valence-electron chi connectivity index (χ0n) is 11.1. The summed E-state index contributed by atoms with van der Waals surface area (Å²) < 4.78 is 41.5. The molecule has 1 aliphatic rings. The average Bonchev–Trinajstić information content (AvgIpc) is 2.78. The van der Waals surface area contributed by atoms with Crippen molar-refractivity contribution in [1.82, 2.24) is 4.98 Å². The number of alkyl halides is 3. The number of aromatic nitrogens is 1. The van der Waals surface area contributed by atoms with Gasteiger partial charge >= 0.3 is 18.1 Å². The summed E-state index contributed by atoms with van der Waals surface area (Å²) in [6.45, 7) is 2.00. The highest BCUT2D eigenvalue weighted by Gasteiger charge is 2.39. The molecule has 0 spiro atoms. The van der Waals surface area contributed by atoms with E-state index in [0.717, 1.165) is 16.2 Å². The first kappa shape index (κ1) is 15.7. The molecule has 0 fully saturated rings. The Balaban J connectivity index is 2.06. The molecule has 1 aliphatic carbocycles. The SMILES string of the molecule is CCOC(=O)C1CCc2nc(NC(=O)C(F)(F)F)sc2C1. The monoisotopic (exact) mass is 322 g/mol. The van der Waals surface area contributed by atoms with Crippen molar-refractivity contribution in [2.45, 2.75) is 32.4 Å². The number of carbonyl (C=O) groups is 2. The molecule has 0 bridgehead atoms. The fourth-order valence-corrected chi connectivity index (χ4v) is 3.14. The predicted octanol–water partition coefficient (Wildman–Crippen LogP) is 2.31. The molecular formula is C12H13F3N2O3S. The van der Waals surface area contributed by atoms with Crippen LogP contribution >= 0.6 is 11.3 Å². The number of hydrogen-bond acceptors (Lipinski definition) is 5. The lowest BCUT2D eigenvalue weighted by Crippen LogP contribution is -2.29. The zero-order chi connectivity index (χ0) is 15.6. The Hall–Kier alpha value is -1.64. The molecule has 1 heterocycles. The van der Waals surface area contributed by atoms with Gasteiger partial charge in [-0.05, 0) is 26.2 Å². The van der Waals surface area contributed by atoms with Crippen molar-refractivity contribution in [3.8, 4) is 0 Å². The van der Waals surface area contributed by atoms with Crippen LogP contribution in [0.15, 0.2) is 0 Å². The van der Waals surface area contributed by atoms with E-state index in [2.05, 4.69) is 4.98 Å². The Bertz CT molecular complexity index is 556. The zero-order valence-corrected chi connectivity index (χ0v) is 11.9. The summed E-state index contributed by atoms with van der Waals surface area (Å²) in [5.41, 5.74) is 0.637. The molecule has 0 saturated heterocycles. The van der Waals surface area contributed by atoms with Crippen molar-refractivity contribution >= 4 is 28.3 Å². The van der Waals surface area contributed by atoms with E-state index < -0.39 is 12.1 Å². The minimum Gasteiger partial charge on any atom is -0.466 e. The van der Waals surface area contributed by atoms with Gasteiger partial charge in [0.1, 0.15) is 0 Å². The maximum absolute atomic E-state index is 12.2. The fourth-order valence-electron chi connectivity index (χ4n) is 2.06. The largest absolute Gasteiger partial charge is 0.471 e. The van der Waals surface area contributed by atoms with E-state index in [1.54, 1.807) is 12.2 Å². The standard InChI is InChI=1S/C12H13F3N2O3S/c1-2-20-9(18)6-3-4-7-8(5-6)21-11(16-7)17-10(19)12(13,14)15/h6H,2-5H2,1H3,(H,16,17,19). The van der Waals surface area contributed by atoms with Gasteiger partial charge in [0, 0.05) is 4.88 Å². The van der Waals surface area contributed by atoms with E-state index in [-0.39, 0.29) is 23.6 Å². The van der Waals surface area contributed by atoms with Crippen LogP contribution in [0.25, 0.3) is 0 Å². The van der Waals surface area contributed by atoms with Crippen LogP contribution < -0.4 is 5.32 Å². The molecule has 9 heteroatoms. The fraction of sp³-hybridized carbons (Fsp3) is 0.583. The van der Waals surface area contributed by atoms with Crippen molar-refractivity contribution in [2.75, 3.05) is 11.9 Å². The van der Waals surface area contributed by atoms with Gasteiger partial charge in [-0.3, -0.25) is 14.9 Å². The first-order chi connectivity index (χ1) is 9.81. The van der Waals surface area contributed by atoms with Crippen LogP contribution in [0, 0.1) is 5.92 Å². The van der Waals surface area contributed by atoms with Gasteiger partial charge in [0.15, 0.2) is 5.13 Å². The number of halogens is 3. The Morgan fingerprint density at radius 2 is 2.19 bits per heavy atom. The summed E-state index contributed by atoms with van der Waals surface area (Å²) >= 11 is 0.968. The lowest BCUT2D eigenvalue weighted by atomic mass is 9.91. The smallest absolute Gasteiger partial charge is 0.466 e. The molecule has 0 radical (unpaired) electrons. The Kier molecular flexibility index (Phi) is 4.50. The van der Waals surface area contributed by atoms with Crippen LogP contribution in [0.2, 0.25) is 0 Å². The summed E-state index contributed by atoms with van der Waals surface area (Å²) in [4.78, 5) is 27.2. The van der Waals surface area contributed by atoms with Gasteiger partial charge in [-0.25, -0.2) is 4.98 Å². The topological polar surface area (TPSA) is 68.3 Å². The second-order valence-corrected chi connectivity index (χ2v) is 5.62. The number of hydrogen-bond donors (Lipinski definition) is 1. The van der Waals surface area contributed by atoms with E-state index in [1.807, 2.05) is 0 Å². The quantitative estimate of drug-likeness (QED) is 0.867. The number of esters is 1. The number of thiazole rings is 1. The lowest BCUT2D eigenvalue weighted by molar-refractivity contribution is -0.167.